The van der Waals surface area contributed by atoms with Gasteiger partial charge in [-0.05, 0) is 31.0 Å². The summed E-state index contributed by atoms with van der Waals surface area (Å²) in [6.45, 7) is 0.208. The van der Waals surface area contributed by atoms with E-state index in [1.165, 1.54) is 23.3 Å². The molecule has 1 aromatic carbocycles. The molecule has 1 aromatic heterocycles. The molecule has 0 saturated carbocycles. The number of halogens is 3. The van der Waals surface area contributed by atoms with Gasteiger partial charge in [0.25, 0.3) is 5.91 Å². The molecule has 1 saturated heterocycles. The van der Waals surface area contributed by atoms with Crippen molar-refractivity contribution in [3.8, 4) is 5.75 Å². The zero-order chi connectivity index (χ0) is 18.7. The molecule has 1 N–H and O–H groups in total. The largest absolute Gasteiger partial charge is 0.484 e. The summed E-state index contributed by atoms with van der Waals surface area (Å²) in [4.78, 5) is 17.9. The van der Waals surface area contributed by atoms with Crippen LogP contribution in [0.1, 0.15) is 34.8 Å². The molecule has 26 heavy (non-hydrogen) atoms. The first kappa shape index (κ1) is 18.2. The van der Waals surface area contributed by atoms with Crippen LogP contribution in [-0.4, -0.2) is 40.1 Å². The minimum atomic E-state index is -4.46. The molecule has 1 atom stereocenters. The van der Waals surface area contributed by atoms with E-state index in [0.29, 0.717) is 6.54 Å². The lowest BCUT2D eigenvalue weighted by Gasteiger charge is -2.21. The first-order valence-electron chi connectivity index (χ1n) is 8.05. The van der Waals surface area contributed by atoms with Gasteiger partial charge >= 0.3 is 6.18 Å². The number of nitrogens with zero attached hydrogens (tertiary/aromatic N) is 2. The zero-order valence-corrected chi connectivity index (χ0v) is 13.7. The quantitative estimate of drug-likeness (QED) is 0.876. The minimum absolute atomic E-state index is 0.0192. The SMILES string of the molecule is O=C(c1coc(COc2cccc(C(F)(F)F)c2)n1)N1CCC[C@H]1CO. The molecule has 6 nitrogen and oxygen atoms in total. The van der Waals surface area contributed by atoms with Crippen LogP contribution in [0.5, 0.6) is 5.75 Å². The van der Waals surface area contributed by atoms with Crippen LogP contribution in [0.15, 0.2) is 34.9 Å². The molecule has 0 aliphatic carbocycles. The molecule has 1 aliphatic heterocycles. The Balaban J connectivity index is 1.63. The fraction of sp³-hybridized carbons (Fsp3) is 0.412. The number of ether oxygens (including phenoxy) is 1. The van der Waals surface area contributed by atoms with Gasteiger partial charge in [0.2, 0.25) is 5.89 Å². The molecule has 0 bridgehead atoms. The number of benzene rings is 1. The van der Waals surface area contributed by atoms with Crippen molar-refractivity contribution in [2.45, 2.75) is 31.7 Å². The summed E-state index contributed by atoms with van der Waals surface area (Å²) < 4.78 is 48.5. The fourth-order valence-corrected chi connectivity index (χ4v) is 2.82. The van der Waals surface area contributed by atoms with Gasteiger partial charge in [0, 0.05) is 6.54 Å². The van der Waals surface area contributed by atoms with Crippen molar-refractivity contribution in [3.63, 3.8) is 0 Å². The number of carbonyl (C=O) groups is 1. The van der Waals surface area contributed by atoms with Gasteiger partial charge < -0.3 is 19.2 Å². The fourth-order valence-electron chi connectivity index (χ4n) is 2.82. The number of likely N-dealkylation sites (tertiary alicyclic amines) is 1. The third-order valence-electron chi connectivity index (χ3n) is 4.14. The molecule has 140 valence electrons. The second-order valence-electron chi connectivity index (χ2n) is 5.92. The summed E-state index contributed by atoms with van der Waals surface area (Å²) in [5, 5.41) is 9.29. The highest BCUT2D eigenvalue weighted by molar-refractivity contribution is 5.92. The highest BCUT2D eigenvalue weighted by Crippen LogP contribution is 2.31. The highest BCUT2D eigenvalue weighted by atomic mass is 19.4. The number of aromatic nitrogens is 1. The van der Waals surface area contributed by atoms with Gasteiger partial charge in [-0.2, -0.15) is 13.2 Å². The average molecular weight is 370 g/mol. The van der Waals surface area contributed by atoms with E-state index >= 15 is 0 Å². The van der Waals surface area contributed by atoms with Crippen molar-refractivity contribution in [2.75, 3.05) is 13.2 Å². The van der Waals surface area contributed by atoms with Gasteiger partial charge in [0.05, 0.1) is 18.2 Å². The van der Waals surface area contributed by atoms with E-state index in [0.717, 1.165) is 25.0 Å². The summed E-state index contributed by atoms with van der Waals surface area (Å²) in [6.07, 6.45) is -1.74. The maximum absolute atomic E-state index is 12.7. The van der Waals surface area contributed by atoms with Crippen molar-refractivity contribution in [1.82, 2.24) is 9.88 Å². The van der Waals surface area contributed by atoms with E-state index in [2.05, 4.69) is 4.98 Å². The van der Waals surface area contributed by atoms with E-state index in [4.69, 9.17) is 9.15 Å². The Hall–Kier alpha value is -2.55. The highest BCUT2D eigenvalue weighted by Gasteiger charge is 2.31. The van der Waals surface area contributed by atoms with Crippen LogP contribution in [0, 0.1) is 0 Å². The Labute approximate surface area is 147 Å². The molecule has 9 heteroatoms. The standard InChI is InChI=1S/C17H17F3N2O4/c18-17(19,20)11-3-1-5-13(7-11)25-10-15-21-14(9-26-15)16(24)22-6-2-4-12(22)8-23/h1,3,5,7,9,12,23H,2,4,6,8,10H2/t12-/m0/s1. The van der Waals surface area contributed by atoms with Gasteiger partial charge in [-0.3, -0.25) is 4.79 Å². The predicted octanol–water partition coefficient (Wildman–Crippen LogP) is 2.87. The molecule has 3 rings (SSSR count). The number of carbonyl (C=O) groups excluding carboxylic acids is 1. The molecule has 0 spiro atoms. The van der Waals surface area contributed by atoms with E-state index < -0.39 is 11.7 Å². The lowest BCUT2D eigenvalue weighted by Crippen LogP contribution is -2.37. The van der Waals surface area contributed by atoms with E-state index in [1.54, 1.807) is 0 Å². The number of aliphatic hydroxyl groups excluding tert-OH is 1. The summed E-state index contributed by atoms with van der Waals surface area (Å²) >= 11 is 0. The number of oxazole rings is 1. The molecule has 0 radical (unpaired) electrons. The van der Waals surface area contributed by atoms with Crippen LogP contribution in [0.3, 0.4) is 0 Å². The number of hydrogen-bond acceptors (Lipinski definition) is 5. The Kier molecular flexibility index (Phi) is 5.17. The molecule has 2 heterocycles. The van der Waals surface area contributed by atoms with Gasteiger partial charge in [0.15, 0.2) is 12.3 Å². The maximum Gasteiger partial charge on any atom is 0.416 e. The van der Waals surface area contributed by atoms with Crippen molar-refractivity contribution in [2.24, 2.45) is 0 Å². The van der Waals surface area contributed by atoms with Crippen LogP contribution < -0.4 is 4.74 Å². The molecule has 1 amide bonds. The van der Waals surface area contributed by atoms with Crippen molar-refractivity contribution in [3.05, 3.63) is 47.7 Å². The Morgan fingerprint density at radius 3 is 2.96 bits per heavy atom. The summed E-state index contributed by atoms with van der Waals surface area (Å²) in [7, 11) is 0. The second-order valence-corrected chi connectivity index (χ2v) is 5.92. The third-order valence-corrected chi connectivity index (χ3v) is 4.14. The average Bonchev–Trinajstić information content (AvgIpc) is 3.28. The lowest BCUT2D eigenvalue weighted by molar-refractivity contribution is -0.137. The van der Waals surface area contributed by atoms with Gasteiger partial charge in [-0.15, -0.1) is 0 Å². The van der Waals surface area contributed by atoms with Crippen LogP contribution >= 0.6 is 0 Å². The van der Waals surface area contributed by atoms with E-state index in [1.807, 2.05) is 0 Å². The number of rotatable bonds is 5. The summed E-state index contributed by atoms with van der Waals surface area (Å²) in [6, 6.07) is 4.22. The van der Waals surface area contributed by atoms with Crippen molar-refractivity contribution in [1.29, 1.82) is 0 Å². The molecule has 2 aromatic rings. The third kappa shape index (κ3) is 3.98. The number of hydrogen-bond donors (Lipinski definition) is 1. The van der Waals surface area contributed by atoms with Crippen LogP contribution in [-0.2, 0) is 12.8 Å². The molecular formula is C17H17F3N2O4. The topological polar surface area (TPSA) is 75.8 Å². The van der Waals surface area contributed by atoms with Gasteiger partial charge in [-0.1, -0.05) is 6.07 Å². The number of amides is 1. The van der Waals surface area contributed by atoms with E-state index in [9.17, 15) is 23.1 Å². The maximum atomic E-state index is 12.7. The van der Waals surface area contributed by atoms with Gasteiger partial charge in [0.1, 0.15) is 12.0 Å². The Morgan fingerprint density at radius 2 is 2.23 bits per heavy atom. The monoisotopic (exact) mass is 370 g/mol. The number of aliphatic hydroxyl groups is 1. The van der Waals surface area contributed by atoms with Crippen molar-refractivity contribution < 1.29 is 32.2 Å². The molecule has 0 unspecified atom stereocenters. The first-order chi connectivity index (χ1) is 12.4. The minimum Gasteiger partial charge on any atom is -0.484 e. The van der Waals surface area contributed by atoms with Crippen LogP contribution in [0.25, 0.3) is 0 Å². The normalized spacial score (nSPS) is 17.5. The van der Waals surface area contributed by atoms with Gasteiger partial charge in [-0.25, -0.2) is 4.98 Å². The first-order valence-corrected chi connectivity index (χ1v) is 8.05. The molecule has 1 fully saturated rings. The summed E-state index contributed by atoms with van der Waals surface area (Å²) in [5.74, 6) is -0.257. The number of alkyl halides is 3. The summed E-state index contributed by atoms with van der Waals surface area (Å²) in [5.41, 5.74) is -0.740. The Morgan fingerprint density at radius 1 is 1.42 bits per heavy atom. The smallest absolute Gasteiger partial charge is 0.416 e. The second kappa shape index (κ2) is 7.36. The predicted molar refractivity (Wildman–Crippen MR) is 83.4 cm³/mol. The Bertz CT molecular complexity index is 775. The van der Waals surface area contributed by atoms with E-state index in [-0.39, 0.29) is 42.5 Å². The van der Waals surface area contributed by atoms with Crippen LogP contribution in [0.4, 0.5) is 13.2 Å². The molecule has 1 aliphatic rings. The molecular weight excluding hydrogens is 353 g/mol. The zero-order valence-electron chi connectivity index (χ0n) is 13.7. The van der Waals surface area contributed by atoms with Crippen molar-refractivity contribution >= 4 is 5.91 Å². The lowest BCUT2D eigenvalue weighted by atomic mass is 10.2. The van der Waals surface area contributed by atoms with Crippen LogP contribution in [0.2, 0.25) is 0 Å².